The maximum atomic E-state index is 10.8. The van der Waals surface area contributed by atoms with Crippen molar-refractivity contribution in [2.24, 2.45) is 5.92 Å². The predicted molar refractivity (Wildman–Crippen MR) is 40.0 cm³/mol. The van der Waals surface area contributed by atoms with Crippen LogP contribution in [0.2, 0.25) is 0 Å². The van der Waals surface area contributed by atoms with Gasteiger partial charge in [0.25, 0.3) is 0 Å². The average Bonchev–Trinajstić information content (AvgIpc) is 2.72. The molecule has 1 aliphatic rings. The van der Waals surface area contributed by atoms with Crippen LogP contribution in [0.3, 0.4) is 0 Å². The molecule has 3 nitrogen and oxygen atoms in total. The van der Waals surface area contributed by atoms with Crippen molar-refractivity contribution >= 4 is 5.97 Å². The van der Waals surface area contributed by atoms with E-state index in [9.17, 15) is 9.90 Å². The molecule has 0 aromatic carbocycles. The van der Waals surface area contributed by atoms with Crippen LogP contribution in [0.15, 0.2) is 0 Å². The van der Waals surface area contributed by atoms with Gasteiger partial charge in [-0.15, -0.1) is 0 Å². The van der Waals surface area contributed by atoms with E-state index in [0.29, 0.717) is 18.9 Å². The standard InChI is InChI=1S/C8H14O3/c1-2-11-8(10)7(9)5-6-3-4-6/h6-7,9H,2-5H2,1H3/t7-/m1/s1. The highest BCUT2D eigenvalue weighted by molar-refractivity contribution is 5.74. The molecule has 1 N–H and O–H groups in total. The van der Waals surface area contributed by atoms with Gasteiger partial charge in [0.05, 0.1) is 6.61 Å². The smallest absolute Gasteiger partial charge is 0.334 e. The lowest BCUT2D eigenvalue weighted by atomic mass is 10.2. The number of aliphatic hydroxyl groups excluding tert-OH is 1. The molecule has 0 saturated heterocycles. The van der Waals surface area contributed by atoms with Gasteiger partial charge in [0.1, 0.15) is 0 Å². The minimum Gasteiger partial charge on any atom is -0.464 e. The van der Waals surface area contributed by atoms with Crippen LogP contribution in [0.5, 0.6) is 0 Å². The Balaban J connectivity index is 2.15. The predicted octanol–water partition coefficient (Wildman–Crippen LogP) is 0.710. The second-order valence-electron chi connectivity index (χ2n) is 2.95. The Morgan fingerprint density at radius 2 is 2.36 bits per heavy atom. The molecule has 0 spiro atoms. The van der Waals surface area contributed by atoms with Crippen molar-refractivity contribution in [2.45, 2.75) is 32.3 Å². The minimum atomic E-state index is -0.887. The van der Waals surface area contributed by atoms with Crippen LogP contribution < -0.4 is 0 Å². The Bertz CT molecular complexity index is 140. The van der Waals surface area contributed by atoms with Crippen molar-refractivity contribution in [3.05, 3.63) is 0 Å². The topological polar surface area (TPSA) is 46.5 Å². The second kappa shape index (κ2) is 3.72. The van der Waals surface area contributed by atoms with Crippen molar-refractivity contribution in [3.63, 3.8) is 0 Å². The number of esters is 1. The average molecular weight is 158 g/mol. The molecule has 0 radical (unpaired) electrons. The molecule has 1 saturated carbocycles. The molecule has 1 aliphatic carbocycles. The number of aliphatic hydroxyl groups is 1. The van der Waals surface area contributed by atoms with Gasteiger partial charge in [0.15, 0.2) is 6.10 Å². The van der Waals surface area contributed by atoms with Crippen molar-refractivity contribution in [1.29, 1.82) is 0 Å². The first-order valence-electron chi connectivity index (χ1n) is 4.08. The van der Waals surface area contributed by atoms with Gasteiger partial charge in [-0.05, 0) is 19.3 Å². The molecule has 0 aromatic rings. The molecule has 1 fully saturated rings. The third-order valence-electron chi connectivity index (χ3n) is 1.81. The molecule has 1 atom stereocenters. The maximum Gasteiger partial charge on any atom is 0.334 e. The fourth-order valence-electron chi connectivity index (χ4n) is 1.00. The van der Waals surface area contributed by atoms with E-state index < -0.39 is 12.1 Å². The first-order chi connectivity index (χ1) is 5.24. The van der Waals surface area contributed by atoms with Crippen molar-refractivity contribution < 1.29 is 14.6 Å². The zero-order chi connectivity index (χ0) is 8.27. The summed E-state index contributed by atoms with van der Waals surface area (Å²) >= 11 is 0. The second-order valence-corrected chi connectivity index (χ2v) is 2.95. The number of ether oxygens (including phenoxy) is 1. The minimum absolute atomic E-state index is 0.348. The third-order valence-corrected chi connectivity index (χ3v) is 1.81. The molecule has 0 bridgehead atoms. The highest BCUT2D eigenvalue weighted by atomic mass is 16.5. The van der Waals surface area contributed by atoms with Gasteiger partial charge in [-0.1, -0.05) is 12.8 Å². The summed E-state index contributed by atoms with van der Waals surface area (Å²) in [5.41, 5.74) is 0. The molecular formula is C8H14O3. The molecule has 0 aromatic heterocycles. The largest absolute Gasteiger partial charge is 0.464 e. The van der Waals surface area contributed by atoms with E-state index >= 15 is 0 Å². The summed E-state index contributed by atoms with van der Waals surface area (Å²) in [6, 6.07) is 0. The molecule has 0 amide bonds. The van der Waals surface area contributed by atoms with Crippen LogP contribution in [0.25, 0.3) is 0 Å². The highest BCUT2D eigenvalue weighted by Gasteiger charge is 2.28. The molecule has 1 rings (SSSR count). The molecule has 0 heterocycles. The van der Waals surface area contributed by atoms with Crippen molar-refractivity contribution in [3.8, 4) is 0 Å². The van der Waals surface area contributed by atoms with Crippen LogP contribution in [-0.4, -0.2) is 23.8 Å². The first-order valence-corrected chi connectivity index (χ1v) is 4.08. The van der Waals surface area contributed by atoms with E-state index in [2.05, 4.69) is 4.74 Å². The zero-order valence-electron chi connectivity index (χ0n) is 6.75. The van der Waals surface area contributed by atoms with Crippen LogP contribution in [0.1, 0.15) is 26.2 Å². The molecule has 11 heavy (non-hydrogen) atoms. The summed E-state index contributed by atoms with van der Waals surface area (Å²) in [5.74, 6) is 0.0915. The lowest BCUT2D eigenvalue weighted by molar-refractivity contribution is -0.153. The summed E-state index contributed by atoms with van der Waals surface area (Å²) in [6.07, 6.45) is 1.99. The fraction of sp³-hybridized carbons (Fsp3) is 0.875. The molecule has 0 aliphatic heterocycles. The maximum absolute atomic E-state index is 10.8. The van der Waals surface area contributed by atoms with Crippen LogP contribution in [0, 0.1) is 5.92 Å². The quantitative estimate of drug-likeness (QED) is 0.613. The summed E-state index contributed by atoms with van der Waals surface area (Å²) in [5, 5.41) is 9.18. The van der Waals surface area contributed by atoms with Gasteiger partial charge in [0, 0.05) is 0 Å². The van der Waals surface area contributed by atoms with E-state index in [1.54, 1.807) is 6.92 Å². The Kier molecular flexibility index (Phi) is 2.88. The zero-order valence-corrected chi connectivity index (χ0v) is 6.75. The molecule has 3 heteroatoms. The lowest BCUT2D eigenvalue weighted by Crippen LogP contribution is -2.23. The van der Waals surface area contributed by atoms with Crippen LogP contribution >= 0.6 is 0 Å². The number of rotatable bonds is 4. The Labute approximate surface area is 66.4 Å². The Morgan fingerprint density at radius 1 is 1.73 bits per heavy atom. The van der Waals surface area contributed by atoms with Gasteiger partial charge in [0.2, 0.25) is 0 Å². The number of carbonyl (C=O) groups is 1. The third kappa shape index (κ3) is 2.89. The first kappa shape index (κ1) is 8.53. The molecule has 0 unspecified atom stereocenters. The number of carbonyl (C=O) groups excluding carboxylic acids is 1. The number of hydrogen-bond acceptors (Lipinski definition) is 3. The van der Waals surface area contributed by atoms with E-state index in [1.807, 2.05) is 0 Å². The lowest BCUT2D eigenvalue weighted by Gasteiger charge is -2.07. The monoisotopic (exact) mass is 158 g/mol. The summed E-state index contributed by atoms with van der Waals surface area (Å²) in [4.78, 5) is 10.8. The Hall–Kier alpha value is -0.570. The summed E-state index contributed by atoms with van der Waals surface area (Å²) in [6.45, 7) is 2.09. The molecule has 64 valence electrons. The van der Waals surface area contributed by atoms with Crippen molar-refractivity contribution in [2.75, 3.05) is 6.61 Å². The highest BCUT2D eigenvalue weighted by Crippen LogP contribution is 2.33. The van der Waals surface area contributed by atoms with Gasteiger partial charge in [-0.2, -0.15) is 0 Å². The fourth-order valence-corrected chi connectivity index (χ4v) is 1.00. The van der Waals surface area contributed by atoms with Crippen LogP contribution in [0.4, 0.5) is 0 Å². The van der Waals surface area contributed by atoms with E-state index in [-0.39, 0.29) is 0 Å². The molecular weight excluding hydrogens is 144 g/mol. The van der Waals surface area contributed by atoms with Gasteiger partial charge in [-0.25, -0.2) is 4.79 Å². The SMILES string of the molecule is CCOC(=O)[C@H](O)CC1CC1. The van der Waals surface area contributed by atoms with E-state index in [1.165, 1.54) is 0 Å². The van der Waals surface area contributed by atoms with Crippen molar-refractivity contribution in [1.82, 2.24) is 0 Å². The summed E-state index contributed by atoms with van der Waals surface area (Å²) < 4.78 is 4.64. The van der Waals surface area contributed by atoms with E-state index in [0.717, 1.165) is 12.8 Å². The Morgan fingerprint density at radius 3 is 2.82 bits per heavy atom. The van der Waals surface area contributed by atoms with Gasteiger partial charge in [-0.3, -0.25) is 0 Å². The van der Waals surface area contributed by atoms with Crippen LogP contribution in [-0.2, 0) is 9.53 Å². The normalized spacial score (nSPS) is 19.5. The number of hydrogen-bond donors (Lipinski definition) is 1. The van der Waals surface area contributed by atoms with Gasteiger partial charge >= 0.3 is 5.97 Å². The van der Waals surface area contributed by atoms with Gasteiger partial charge < -0.3 is 9.84 Å². The summed E-state index contributed by atoms with van der Waals surface area (Å²) in [7, 11) is 0. The van der Waals surface area contributed by atoms with E-state index in [4.69, 9.17) is 0 Å².